The van der Waals surface area contributed by atoms with Crippen molar-refractivity contribution < 1.29 is 9.72 Å². The van der Waals surface area contributed by atoms with Crippen LogP contribution in [0.2, 0.25) is 5.02 Å². The summed E-state index contributed by atoms with van der Waals surface area (Å²) in [5, 5.41) is 13.6. The molecule has 128 valence electrons. The van der Waals surface area contributed by atoms with Crippen LogP contribution in [0, 0.1) is 10.1 Å². The number of nitro groups is 1. The Kier molecular flexibility index (Phi) is 4.95. The Morgan fingerprint density at radius 3 is 2.84 bits per heavy atom. The quantitative estimate of drug-likeness (QED) is 0.400. The van der Waals surface area contributed by atoms with E-state index in [1.807, 2.05) is 24.3 Å². The Morgan fingerprint density at radius 2 is 2.08 bits per heavy atom. The number of H-pyrrole nitrogens is 1. The minimum Gasteiger partial charge on any atom is -0.352 e. The molecule has 1 amide bonds. The van der Waals surface area contributed by atoms with Gasteiger partial charge < -0.3 is 10.3 Å². The van der Waals surface area contributed by atoms with Gasteiger partial charge in [0.05, 0.1) is 16.0 Å². The van der Waals surface area contributed by atoms with E-state index < -0.39 is 4.92 Å². The van der Waals surface area contributed by atoms with Gasteiger partial charge in [0.15, 0.2) is 0 Å². The number of aryl methyl sites for hydroxylation is 1. The average molecular weight is 359 g/mol. The molecule has 8 heteroatoms. The summed E-state index contributed by atoms with van der Waals surface area (Å²) in [5.41, 5.74) is 1.82. The highest BCUT2D eigenvalue weighted by molar-refractivity contribution is 6.32. The normalized spacial score (nSPS) is 10.8. The van der Waals surface area contributed by atoms with Crippen molar-refractivity contribution in [2.24, 2.45) is 0 Å². The van der Waals surface area contributed by atoms with E-state index >= 15 is 0 Å². The van der Waals surface area contributed by atoms with E-state index in [0.717, 1.165) is 16.9 Å². The number of para-hydroxylation sites is 2. The van der Waals surface area contributed by atoms with Gasteiger partial charge in [-0.3, -0.25) is 14.9 Å². The molecule has 0 aliphatic rings. The second-order valence-corrected chi connectivity index (χ2v) is 5.89. The first-order valence-electron chi connectivity index (χ1n) is 7.70. The largest absolute Gasteiger partial charge is 0.352 e. The monoisotopic (exact) mass is 358 g/mol. The summed E-state index contributed by atoms with van der Waals surface area (Å²) < 4.78 is 0. The molecule has 1 heterocycles. The molecule has 0 fully saturated rings. The van der Waals surface area contributed by atoms with Crippen LogP contribution in [0.4, 0.5) is 5.69 Å². The van der Waals surface area contributed by atoms with Crippen molar-refractivity contribution in [3.05, 3.63) is 69.0 Å². The fourth-order valence-corrected chi connectivity index (χ4v) is 2.66. The van der Waals surface area contributed by atoms with Crippen LogP contribution in [-0.2, 0) is 6.42 Å². The first kappa shape index (κ1) is 16.9. The lowest BCUT2D eigenvalue weighted by Crippen LogP contribution is -2.24. The van der Waals surface area contributed by atoms with Crippen LogP contribution in [0.5, 0.6) is 0 Å². The SMILES string of the molecule is O=C(NCCCc1nc2ccccc2[nH]1)c1ccc(Cl)c([N+](=O)[O-])c1. The van der Waals surface area contributed by atoms with E-state index in [2.05, 4.69) is 15.3 Å². The molecular formula is C17H15ClN4O3. The minimum atomic E-state index is -0.610. The fourth-order valence-electron chi connectivity index (χ4n) is 2.48. The zero-order valence-electron chi connectivity index (χ0n) is 13.2. The third kappa shape index (κ3) is 3.95. The number of hydrogen-bond donors (Lipinski definition) is 2. The standard InChI is InChI=1S/C17H15ClN4O3/c18-12-8-7-11(10-15(12)22(24)25)17(23)19-9-3-6-16-20-13-4-1-2-5-14(13)21-16/h1-2,4-5,7-8,10H,3,6,9H2,(H,19,23)(H,20,21). The van der Waals surface area contributed by atoms with Gasteiger partial charge in [-0.05, 0) is 30.7 Å². The van der Waals surface area contributed by atoms with E-state index in [1.54, 1.807) is 0 Å². The summed E-state index contributed by atoms with van der Waals surface area (Å²) in [7, 11) is 0. The molecule has 2 aromatic carbocycles. The van der Waals surface area contributed by atoms with Gasteiger partial charge in [-0.15, -0.1) is 0 Å². The number of aromatic amines is 1. The van der Waals surface area contributed by atoms with Gasteiger partial charge >= 0.3 is 0 Å². The van der Waals surface area contributed by atoms with Gasteiger partial charge in [-0.2, -0.15) is 0 Å². The Labute approximate surface area is 148 Å². The van der Waals surface area contributed by atoms with Crippen molar-refractivity contribution in [1.29, 1.82) is 0 Å². The van der Waals surface area contributed by atoms with E-state index in [1.165, 1.54) is 18.2 Å². The Morgan fingerprint density at radius 1 is 1.28 bits per heavy atom. The molecular weight excluding hydrogens is 344 g/mol. The summed E-state index contributed by atoms with van der Waals surface area (Å²) in [5.74, 6) is 0.488. The number of hydrogen-bond acceptors (Lipinski definition) is 4. The number of carbonyl (C=O) groups excluding carboxylic acids is 1. The summed E-state index contributed by atoms with van der Waals surface area (Å²) >= 11 is 5.74. The van der Waals surface area contributed by atoms with E-state index in [0.29, 0.717) is 19.4 Å². The number of fused-ring (bicyclic) bond motifs is 1. The molecule has 0 spiro atoms. The number of nitrogens with one attached hydrogen (secondary N) is 2. The van der Waals surface area contributed by atoms with Gasteiger partial charge in [-0.25, -0.2) is 4.98 Å². The highest BCUT2D eigenvalue weighted by Crippen LogP contribution is 2.25. The third-order valence-electron chi connectivity index (χ3n) is 3.72. The highest BCUT2D eigenvalue weighted by atomic mass is 35.5. The molecule has 0 atom stereocenters. The summed E-state index contributed by atoms with van der Waals surface area (Å²) in [6, 6.07) is 11.8. The number of nitrogens with zero attached hydrogens (tertiary/aromatic N) is 2. The second-order valence-electron chi connectivity index (χ2n) is 5.48. The zero-order valence-corrected chi connectivity index (χ0v) is 13.9. The third-order valence-corrected chi connectivity index (χ3v) is 4.04. The predicted octanol–water partition coefficient (Wildman–Crippen LogP) is 3.49. The van der Waals surface area contributed by atoms with Gasteiger partial charge in [-0.1, -0.05) is 23.7 Å². The van der Waals surface area contributed by atoms with Gasteiger partial charge in [0, 0.05) is 24.6 Å². The molecule has 7 nitrogen and oxygen atoms in total. The average Bonchev–Trinajstić information content (AvgIpc) is 3.01. The van der Waals surface area contributed by atoms with E-state index in [9.17, 15) is 14.9 Å². The van der Waals surface area contributed by atoms with Crippen molar-refractivity contribution in [3.8, 4) is 0 Å². The summed E-state index contributed by atoms with van der Waals surface area (Å²) in [6.45, 7) is 0.437. The fraction of sp³-hybridized carbons (Fsp3) is 0.176. The topological polar surface area (TPSA) is 101 Å². The molecule has 0 bridgehead atoms. The minimum absolute atomic E-state index is 0.00596. The molecule has 0 radical (unpaired) electrons. The van der Waals surface area contributed by atoms with Crippen molar-refractivity contribution in [3.63, 3.8) is 0 Å². The predicted molar refractivity (Wildman–Crippen MR) is 94.9 cm³/mol. The summed E-state index contributed by atoms with van der Waals surface area (Å²) in [6.07, 6.45) is 1.39. The van der Waals surface area contributed by atoms with E-state index in [-0.39, 0.29) is 22.2 Å². The maximum Gasteiger partial charge on any atom is 0.288 e. The first-order valence-corrected chi connectivity index (χ1v) is 8.08. The molecule has 0 aliphatic carbocycles. The van der Waals surface area contributed by atoms with Crippen molar-refractivity contribution >= 4 is 34.2 Å². The lowest BCUT2D eigenvalue weighted by molar-refractivity contribution is -0.384. The highest BCUT2D eigenvalue weighted by Gasteiger charge is 2.16. The van der Waals surface area contributed by atoms with Crippen LogP contribution in [0.25, 0.3) is 11.0 Å². The van der Waals surface area contributed by atoms with Crippen LogP contribution in [0.3, 0.4) is 0 Å². The molecule has 0 saturated heterocycles. The molecule has 2 N–H and O–H groups in total. The number of nitro benzene ring substituents is 1. The first-order chi connectivity index (χ1) is 12.0. The Balaban J connectivity index is 1.54. The molecule has 3 aromatic rings. The maximum atomic E-state index is 12.1. The van der Waals surface area contributed by atoms with Crippen LogP contribution in [-0.4, -0.2) is 27.3 Å². The van der Waals surface area contributed by atoms with Crippen molar-refractivity contribution in [2.45, 2.75) is 12.8 Å². The van der Waals surface area contributed by atoms with Gasteiger partial charge in [0.25, 0.3) is 11.6 Å². The van der Waals surface area contributed by atoms with Crippen LogP contribution >= 0.6 is 11.6 Å². The van der Waals surface area contributed by atoms with Gasteiger partial charge in [0.2, 0.25) is 0 Å². The van der Waals surface area contributed by atoms with Crippen molar-refractivity contribution in [1.82, 2.24) is 15.3 Å². The van der Waals surface area contributed by atoms with Crippen LogP contribution < -0.4 is 5.32 Å². The Bertz CT molecular complexity index is 906. The van der Waals surface area contributed by atoms with Gasteiger partial charge in [0.1, 0.15) is 10.8 Å². The Hall–Kier alpha value is -2.93. The number of rotatable bonds is 6. The molecule has 1 aromatic heterocycles. The summed E-state index contributed by atoms with van der Waals surface area (Å²) in [4.78, 5) is 30.0. The molecule has 25 heavy (non-hydrogen) atoms. The van der Waals surface area contributed by atoms with Crippen molar-refractivity contribution in [2.75, 3.05) is 6.54 Å². The molecule has 0 unspecified atom stereocenters. The molecule has 0 aliphatic heterocycles. The zero-order chi connectivity index (χ0) is 17.8. The lowest BCUT2D eigenvalue weighted by Gasteiger charge is -2.05. The van der Waals surface area contributed by atoms with E-state index in [4.69, 9.17) is 11.6 Å². The second kappa shape index (κ2) is 7.31. The number of benzene rings is 2. The number of aromatic nitrogens is 2. The lowest BCUT2D eigenvalue weighted by atomic mass is 10.2. The maximum absolute atomic E-state index is 12.1. The van der Waals surface area contributed by atoms with Crippen LogP contribution in [0.1, 0.15) is 22.6 Å². The number of carbonyl (C=O) groups is 1. The number of halogens is 1. The van der Waals surface area contributed by atoms with Crippen LogP contribution in [0.15, 0.2) is 42.5 Å². The number of imidazole rings is 1. The smallest absolute Gasteiger partial charge is 0.288 e. The molecule has 0 saturated carbocycles. The number of amides is 1. The molecule has 3 rings (SSSR count).